The predicted molar refractivity (Wildman–Crippen MR) is 97.8 cm³/mol. The van der Waals surface area contributed by atoms with Crippen molar-refractivity contribution in [2.75, 3.05) is 6.54 Å². The lowest BCUT2D eigenvalue weighted by molar-refractivity contribution is -0.147. The summed E-state index contributed by atoms with van der Waals surface area (Å²) in [6, 6.07) is 9.31. The van der Waals surface area contributed by atoms with Gasteiger partial charge < -0.3 is 15.2 Å². The molecule has 0 atom stereocenters. The standard InChI is InChI=1S/C19H23ClN2O3/c1-19(2,18(23)24)7-9-22-12-15-10-16(20)5-6-17(15)25-13-14-4-3-8-21-11-14/h3-6,8,10-11,22H,7,9,12-13H2,1-2H3,(H,23,24). The van der Waals surface area contributed by atoms with Crippen LogP contribution in [0.15, 0.2) is 42.7 Å². The molecule has 1 aromatic heterocycles. The number of pyridine rings is 1. The van der Waals surface area contributed by atoms with Crippen LogP contribution >= 0.6 is 11.6 Å². The van der Waals surface area contributed by atoms with Crippen LogP contribution in [0.4, 0.5) is 0 Å². The summed E-state index contributed by atoms with van der Waals surface area (Å²) in [7, 11) is 0. The second kappa shape index (κ2) is 8.83. The highest BCUT2D eigenvalue weighted by atomic mass is 35.5. The molecule has 0 aliphatic carbocycles. The second-order valence-electron chi connectivity index (χ2n) is 6.52. The SMILES string of the molecule is CC(C)(CCNCc1cc(Cl)ccc1OCc1cccnc1)C(=O)O. The summed E-state index contributed by atoms with van der Waals surface area (Å²) in [5.41, 5.74) is 1.17. The average molecular weight is 363 g/mol. The Bertz CT molecular complexity index is 705. The van der Waals surface area contributed by atoms with E-state index in [9.17, 15) is 4.79 Å². The van der Waals surface area contributed by atoms with Crippen LogP contribution in [-0.2, 0) is 17.9 Å². The molecule has 0 aliphatic heterocycles. The highest BCUT2D eigenvalue weighted by molar-refractivity contribution is 6.30. The zero-order valence-corrected chi connectivity index (χ0v) is 15.2. The molecule has 0 saturated carbocycles. The van der Waals surface area contributed by atoms with Gasteiger partial charge in [-0.2, -0.15) is 0 Å². The van der Waals surface area contributed by atoms with E-state index in [1.165, 1.54) is 0 Å². The van der Waals surface area contributed by atoms with Crippen molar-refractivity contribution in [2.45, 2.75) is 33.4 Å². The zero-order valence-electron chi connectivity index (χ0n) is 14.5. The van der Waals surface area contributed by atoms with Gasteiger partial charge in [0.15, 0.2) is 0 Å². The van der Waals surface area contributed by atoms with Crippen molar-refractivity contribution in [3.05, 3.63) is 58.9 Å². The number of hydrogen-bond donors (Lipinski definition) is 2. The minimum absolute atomic E-state index is 0.425. The third kappa shape index (κ3) is 6.03. The fraction of sp³-hybridized carbons (Fsp3) is 0.368. The van der Waals surface area contributed by atoms with Crippen LogP contribution in [0.1, 0.15) is 31.4 Å². The third-order valence-electron chi connectivity index (χ3n) is 3.96. The maximum atomic E-state index is 11.1. The molecule has 0 unspecified atom stereocenters. The topological polar surface area (TPSA) is 71.5 Å². The van der Waals surface area contributed by atoms with Crippen LogP contribution < -0.4 is 10.1 Å². The number of nitrogens with zero attached hydrogens (tertiary/aromatic N) is 1. The van der Waals surface area contributed by atoms with E-state index in [1.807, 2.05) is 24.3 Å². The van der Waals surface area contributed by atoms with Gasteiger partial charge in [0.05, 0.1) is 5.41 Å². The van der Waals surface area contributed by atoms with Gasteiger partial charge in [0.25, 0.3) is 0 Å². The number of halogens is 1. The molecule has 0 bridgehead atoms. The predicted octanol–water partition coefficient (Wildman–Crippen LogP) is 3.90. The van der Waals surface area contributed by atoms with Gasteiger partial charge >= 0.3 is 5.97 Å². The maximum absolute atomic E-state index is 11.1. The van der Waals surface area contributed by atoms with Gasteiger partial charge in [-0.1, -0.05) is 17.7 Å². The maximum Gasteiger partial charge on any atom is 0.309 e. The molecule has 0 spiro atoms. The molecule has 0 aliphatic rings. The molecular formula is C19H23ClN2O3. The van der Waals surface area contributed by atoms with Crippen molar-refractivity contribution in [3.8, 4) is 5.75 Å². The van der Waals surface area contributed by atoms with Crippen molar-refractivity contribution in [3.63, 3.8) is 0 Å². The quantitative estimate of drug-likeness (QED) is 0.662. The monoisotopic (exact) mass is 362 g/mol. The molecule has 134 valence electrons. The molecular weight excluding hydrogens is 340 g/mol. The van der Waals surface area contributed by atoms with Crippen molar-refractivity contribution < 1.29 is 14.6 Å². The first-order chi connectivity index (χ1) is 11.9. The average Bonchev–Trinajstić information content (AvgIpc) is 2.58. The van der Waals surface area contributed by atoms with Crippen LogP contribution in [0, 0.1) is 5.41 Å². The number of rotatable bonds is 9. The zero-order chi connectivity index (χ0) is 18.3. The lowest BCUT2D eigenvalue weighted by atomic mass is 9.90. The van der Waals surface area contributed by atoms with Gasteiger partial charge in [-0.25, -0.2) is 0 Å². The summed E-state index contributed by atoms with van der Waals surface area (Å²) in [5.74, 6) is -0.0456. The number of carboxylic acids is 1. The van der Waals surface area contributed by atoms with E-state index in [-0.39, 0.29) is 0 Å². The number of aliphatic carboxylic acids is 1. The first kappa shape index (κ1) is 19.2. The van der Waals surface area contributed by atoms with Crippen molar-refractivity contribution in [1.82, 2.24) is 10.3 Å². The summed E-state index contributed by atoms with van der Waals surface area (Å²) in [6.45, 7) is 5.01. The molecule has 1 aromatic carbocycles. The summed E-state index contributed by atoms with van der Waals surface area (Å²) < 4.78 is 5.88. The normalized spacial score (nSPS) is 11.3. The second-order valence-corrected chi connectivity index (χ2v) is 6.95. The number of carboxylic acid groups (broad SMARTS) is 1. The van der Waals surface area contributed by atoms with Crippen molar-refractivity contribution in [1.29, 1.82) is 0 Å². The minimum atomic E-state index is -0.794. The Hall–Kier alpha value is -2.11. The minimum Gasteiger partial charge on any atom is -0.489 e. The molecule has 0 fully saturated rings. The lowest BCUT2D eigenvalue weighted by Gasteiger charge is -2.19. The van der Waals surface area contributed by atoms with Gasteiger partial charge in [0.2, 0.25) is 0 Å². The Labute approximate surface area is 153 Å². The first-order valence-electron chi connectivity index (χ1n) is 8.13. The Kier molecular flexibility index (Phi) is 6.79. The van der Waals surface area contributed by atoms with Crippen molar-refractivity contribution >= 4 is 17.6 Å². The van der Waals surface area contributed by atoms with Crippen LogP contribution in [0.25, 0.3) is 0 Å². The Balaban J connectivity index is 1.93. The molecule has 6 heteroatoms. The van der Waals surface area contributed by atoms with Crippen LogP contribution in [-0.4, -0.2) is 22.6 Å². The molecule has 2 N–H and O–H groups in total. The Morgan fingerprint density at radius 2 is 2.16 bits per heavy atom. The van der Waals surface area contributed by atoms with E-state index in [4.69, 9.17) is 21.4 Å². The number of hydrogen-bond acceptors (Lipinski definition) is 4. The molecule has 25 heavy (non-hydrogen) atoms. The Morgan fingerprint density at radius 1 is 1.36 bits per heavy atom. The fourth-order valence-corrected chi connectivity index (χ4v) is 2.40. The number of carbonyl (C=O) groups is 1. The molecule has 5 nitrogen and oxygen atoms in total. The van der Waals surface area contributed by atoms with Gasteiger partial charge in [-0.05, 0) is 51.1 Å². The van der Waals surface area contributed by atoms with Crippen molar-refractivity contribution in [2.24, 2.45) is 5.41 Å². The van der Waals surface area contributed by atoms with Gasteiger partial charge in [-0.3, -0.25) is 9.78 Å². The molecule has 2 rings (SSSR count). The summed E-state index contributed by atoms with van der Waals surface area (Å²) in [6.07, 6.45) is 4.02. The molecule has 0 saturated heterocycles. The van der Waals surface area contributed by atoms with Gasteiger partial charge in [-0.15, -0.1) is 0 Å². The van der Waals surface area contributed by atoms with E-state index in [0.29, 0.717) is 31.1 Å². The van der Waals surface area contributed by atoms with E-state index in [1.54, 1.807) is 32.3 Å². The van der Waals surface area contributed by atoms with E-state index in [0.717, 1.165) is 16.9 Å². The highest BCUT2D eigenvalue weighted by Crippen LogP contribution is 2.24. The van der Waals surface area contributed by atoms with Crippen LogP contribution in [0.2, 0.25) is 5.02 Å². The summed E-state index contributed by atoms with van der Waals surface area (Å²) in [5, 5.41) is 13.0. The van der Waals surface area contributed by atoms with Crippen LogP contribution in [0.5, 0.6) is 5.75 Å². The van der Waals surface area contributed by atoms with Crippen LogP contribution in [0.3, 0.4) is 0 Å². The molecule has 1 heterocycles. The number of aromatic nitrogens is 1. The fourth-order valence-electron chi connectivity index (χ4n) is 2.20. The van der Waals surface area contributed by atoms with E-state index < -0.39 is 11.4 Å². The number of ether oxygens (including phenoxy) is 1. The largest absolute Gasteiger partial charge is 0.489 e. The summed E-state index contributed by atoms with van der Waals surface area (Å²) in [4.78, 5) is 15.2. The highest BCUT2D eigenvalue weighted by Gasteiger charge is 2.26. The summed E-state index contributed by atoms with van der Waals surface area (Å²) >= 11 is 6.09. The molecule has 0 radical (unpaired) electrons. The number of nitrogens with one attached hydrogen (secondary N) is 1. The van der Waals surface area contributed by atoms with E-state index >= 15 is 0 Å². The lowest BCUT2D eigenvalue weighted by Crippen LogP contribution is -2.28. The van der Waals surface area contributed by atoms with E-state index in [2.05, 4.69) is 10.3 Å². The molecule has 0 amide bonds. The third-order valence-corrected chi connectivity index (χ3v) is 4.20. The molecule has 2 aromatic rings. The smallest absolute Gasteiger partial charge is 0.309 e. The first-order valence-corrected chi connectivity index (χ1v) is 8.50. The Morgan fingerprint density at radius 3 is 2.84 bits per heavy atom. The van der Waals surface area contributed by atoms with Gasteiger partial charge in [0, 0.05) is 35.1 Å². The van der Waals surface area contributed by atoms with Gasteiger partial charge in [0.1, 0.15) is 12.4 Å². The number of benzene rings is 1.